The number of aliphatic imine (C=N–C) groups is 1. The number of hydrogen-bond donors (Lipinski definition) is 1. The fraction of sp³-hybridized carbons (Fsp3) is 0.333. The van der Waals surface area contributed by atoms with Crippen LogP contribution in [0.5, 0.6) is 0 Å². The Morgan fingerprint density at radius 3 is 2.88 bits per heavy atom. The molecule has 17 heavy (non-hydrogen) atoms. The Balaban J connectivity index is 2.28. The topological polar surface area (TPSA) is 50.7 Å². The van der Waals surface area contributed by atoms with Crippen LogP contribution in [0.2, 0.25) is 0 Å². The van der Waals surface area contributed by atoms with Gasteiger partial charge >= 0.3 is 6.09 Å². The minimum atomic E-state index is -0.457. The maximum Gasteiger partial charge on any atom is 0.407 e. The monoisotopic (exact) mass is 250 g/mol. The van der Waals surface area contributed by atoms with Crippen LogP contribution >= 0.6 is 12.2 Å². The van der Waals surface area contributed by atoms with Crippen molar-refractivity contribution in [3.8, 4) is 0 Å². The van der Waals surface area contributed by atoms with Crippen LogP contribution in [-0.2, 0) is 11.3 Å². The first-order valence-corrected chi connectivity index (χ1v) is 5.64. The van der Waals surface area contributed by atoms with E-state index in [9.17, 15) is 4.79 Å². The van der Waals surface area contributed by atoms with Crippen LogP contribution in [0.1, 0.15) is 12.5 Å². The zero-order chi connectivity index (χ0) is 12.5. The van der Waals surface area contributed by atoms with E-state index < -0.39 is 6.09 Å². The zero-order valence-electron chi connectivity index (χ0n) is 9.55. The van der Waals surface area contributed by atoms with Crippen molar-refractivity contribution in [2.75, 3.05) is 6.54 Å². The molecule has 0 saturated carbocycles. The minimum Gasteiger partial charge on any atom is -0.445 e. The molecule has 90 valence electrons. The first kappa shape index (κ1) is 13.4. The van der Waals surface area contributed by atoms with Gasteiger partial charge in [-0.1, -0.05) is 30.3 Å². The minimum absolute atomic E-state index is 0.117. The van der Waals surface area contributed by atoms with Crippen LogP contribution in [-0.4, -0.2) is 23.8 Å². The summed E-state index contributed by atoms with van der Waals surface area (Å²) in [5.74, 6) is 0. The quantitative estimate of drug-likeness (QED) is 0.645. The van der Waals surface area contributed by atoms with Crippen molar-refractivity contribution >= 4 is 23.5 Å². The van der Waals surface area contributed by atoms with Crippen molar-refractivity contribution in [3.63, 3.8) is 0 Å². The number of amides is 1. The second-order valence-corrected chi connectivity index (χ2v) is 3.72. The maximum absolute atomic E-state index is 11.4. The van der Waals surface area contributed by atoms with E-state index in [2.05, 4.69) is 27.7 Å². The lowest BCUT2D eigenvalue weighted by Gasteiger charge is -2.11. The number of nitrogens with one attached hydrogen (secondary N) is 1. The maximum atomic E-state index is 11.4. The van der Waals surface area contributed by atoms with Gasteiger partial charge in [-0.15, -0.1) is 0 Å². The Morgan fingerprint density at radius 1 is 1.53 bits per heavy atom. The standard InChI is InChI=1S/C12H14N2O2S/c1-10(7-13-9-17)14-12(15)16-8-11-5-3-2-4-6-11/h2-6,10H,7-8H2,1H3,(H,14,15)/t10-/m0/s1. The summed E-state index contributed by atoms with van der Waals surface area (Å²) < 4.78 is 5.04. The number of benzene rings is 1. The van der Waals surface area contributed by atoms with Gasteiger partial charge in [0.25, 0.3) is 0 Å². The summed E-state index contributed by atoms with van der Waals surface area (Å²) in [6.45, 7) is 2.49. The number of rotatable bonds is 5. The van der Waals surface area contributed by atoms with Gasteiger partial charge in [0, 0.05) is 6.04 Å². The molecule has 0 saturated heterocycles. The van der Waals surface area contributed by atoms with Gasteiger partial charge in [-0.2, -0.15) is 0 Å². The molecule has 1 atom stereocenters. The predicted octanol–water partition coefficient (Wildman–Crippen LogP) is 2.40. The SMILES string of the molecule is C[C@@H](CN=C=S)NC(=O)OCc1ccccc1. The van der Waals surface area contributed by atoms with Crippen molar-refractivity contribution in [2.45, 2.75) is 19.6 Å². The molecule has 0 heterocycles. The Labute approximate surface area is 106 Å². The van der Waals surface area contributed by atoms with Crippen LogP contribution < -0.4 is 5.32 Å². The predicted molar refractivity (Wildman–Crippen MR) is 69.1 cm³/mol. The van der Waals surface area contributed by atoms with E-state index in [1.54, 1.807) is 0 Å². The largest absolute Gasteiger partial charge is 0.445 e. The first-order chi connectivity index (χ1) is 8.22. The summed E-state index contributed by atoms with van der Waals surface area (Å²) in [5.41, 5.74) is 0.951. The van der Waals surface area contributed by atoms with Crippen LogP contribution in [0.15, 0.2) is 35.3 Å². The van der Waals surface area contributed by atoms with E-state index in [0.717, 1.165) is 5.56 Å². The molecule has 4 nitrogen and oxygen atoms in total. The smallest absolute Gasteiger partial charge is 0.407 e. The molecular formula is C12H14N2O2S. The van der Waals surface area contributed by atoms with Crippen LogP contribution in [0.4, 0.5) is 4.79 Å². The number of ether oxygens (including phenoxy) is 1. The molecule has 1 N–H and O–H groups in total. The molecule has 0 aliphatic rings. The van der Waals surface area contributed by atoms with Gasteiger partial charge in [0.2, 0.25) is 0 Å². The van der Waals surface area contributed by atoms with Crippen molar-refractivity contribution in [3.05, 3.63) is 35.9 Å². The third kappa shape index (κ3) is 5.80. The van der Waals surface area contributed by atoms with Gasteiger partial charge in [-0.05, 0) is 24.7 Å². The van der Waals surface area contributed by atoms with Gasteiger partial charge < -0.3 is 10.1 Å². The van der Waals surface area contributed by atoms with E-state index >= 15 is 0 Å². The summed E-state index contributed by atoms with van der Waals surface area (Å²) in [6.07, 6.45) is -0.457. The van der Waals surface area contributed by atoms with E-state index in [4.69, 9.17) is 4.74 Å². The molecule has 1 aromatic carbocycles. The van der Waals surface area contributed by atoms with Crippen molar-refractivity contribution in [1.82, 2.24) is 5.32 Å². The highest BCUT2D eigenvalue weighted by molar-refractivity contribution is 7.78. The average Bonchev–Trinajstić information content (AvgIpc) is 2.35. The lowest BCUT2D eigenvalue weighted by Crippen LogP contribution is -2.34. The van der Waals surface area contributed by atoms with E-state index in [1.807, 2.05) is 37.3 Å². The first-order valence-electron chi connectivity index (χ1n) is 5.23. The third-order valence-electron chi connectivity index (χ3n) is 2.01. The fourth-order valence-electron chi connectivity index (χ4n) is 1.19. The van der Waals surface area contributed by atoms with E-state index in [1.165, 1.54) is 0 Å². The lowest BCUT2D eigenvalue weighted by atomic mass is 10.2. The van der Waals surface area contributed by atoms with E-state index in [-0.39, 0.29) is 12.6 Å². The van der Waals surface area contributed by atoms with Gasteiger partial charge in [0.1, 0.15) is 6.61 Å². The number of thiocarbonyl (C=S) groups is 1. The normalized spacial score (nSPS) is 11.1. The number of carbonyl (C=O) groups is 1. The molecular weight excluding hydrogens is 236 g/mol. The van der Waals surface area contributed by atoms with Gasteiger partial charge in [-0.25, -0.2) is 9.79 Å². The van der Waals surface area contributed by atoms with Gasteiger partial charge in [-0.3, -0.25) is 0 Å². The van der Waals surface area contributed by atoms with Gasteiger partial charge in [0.15, 0.2) is 0 Å². The lowest BCUT2D eigenvalue weighted by molar-refractivity contribution is 0.136. The number of carbonyl (C=O) groups excluding carboxylic acids is 1. The number of isothiocyanates is 1. The zero-order valence-corrected chi connectivity index (χ0v) is 10.4. The van der Waals surface area contributed by atoms with E-state index in [0.29, 0.717) is 6.54 Å². The second kappa shape index (κ2) is 7.54. The van der Waals surface area contributed by atoms with Crippen LogP contribution in [0.3, 0.4) is 0 Å². The summed E-state index contributed by atoms with van der Waals surface area (Å²) in [4.78, 5) is 15.1. The molecule has 1 amide bonds. The molecule has 0 radical (unpaired) electrons. The summed E-state index contributed by atoms with van der Waals surface area (Å²) >= 11 is 4.44. The molecule has 0 spiro atoms. The Kier molecular flexibility index (Phi) is 5.93. The average molecular weight is 250 g/mol. The number of nitrogens with zero attached hydrogens (tertiary/aromatic N) is 1. The Bertz CT molecular complexity index is 402. The molecule has 0 aromatic heterocycles. The van der Waals surface area contributed by atoms with Crippen molar-refractivity contribution in [2.24, 2.45) is 4.99 Å². The summed E-state index contributed by atoms with van der Waals surface area (Å²) in [6, 6.07) is 9.38. The molecule has 0 aliphatic heterocycles. The number of alkyl carbamates (subject to hydrolysis) is 1. The molecule has 1 rings (SSSR count). The highest BCUT2D eigenvalue weighted by atomic mass is 32.1. The summed E-state index contributed by atoms with van der Waals surface area (Å²) in [5, 5.41) is 4.89. The van der Waals surface area contributed by atoms with Gasteiger partial charge in [0.05, 0.1) is 11.7 Å². The fourth-order valence-corrected chi connectivity index (χ4v) is 1.26. The molecule has 0 unspecified atom stereocenters. The molecule has 0 aliphatic carbocycles. The van der Waals surface area contributed by atoms with Crippen molar-refractivity contribution < 1.29 is 9.53 Å². The van der Waals surface area contributed by atoms with Crippen LogP contribution in [0, 0.1) is 0 Å². The Morgan fingerprint density at radius 2 is 2.24 bits per heavy atom. The Hall–Kier alpha value is -1.71. The molecule has 1 aromatic rings. The molecule has 0 bridgehead atoms. The third-order valence-corrected chi connectivity index (χ3v) is 2.14. The summed E-state index contributed by atoms with van der Waals surface area (Å²) in [7, 11) is 0. The highest BCUT2D eigenvalue weighted by Gasteiger charge is 2.07. The highest BCUT2D eigenvalue weighted by Crippen LogP contribution is 2.00. The van der Waals surface area contributed by atoms with Crippen molar-refractivity contribution in [1.29, 1.82) is 0 Å². The molecule has 0 fully saturated rings. The number of hydrogen-bond acceptors (Lipinski definition) is 4. The van der Waals surface area contributed by atoms with Crippen LogP contribution in [0.25, 0.3) is 0 Å². The molecule has 5 heteroatoms. The second-order valence-electron chi connectivity index (χ2n) is 3.54.